The Bertz CT molecular complexity index is 865. The number of hydrogen-bond donors (Lipinski definition) is 1. The first-order chi connectivity index (χ1) is 13.6. The predicted molar refractivity (Wildman–Crippen MR) is 117 cm³/mol. The van der Waals surface area contributed by atoms with Crippen LogP contribution >= 0.6 is 12.4 Å². The molecule has 2 heterocycles. The molecular formula is C24H29ClN2O2. The van der Waals surface area contributed by atoms with Gasteiger partial charge in [-0.05, 0) is 63.4 Å². The van der Waals surface area contributed by atoms with Crippen LogP contribution in [-0.4, -0.2) is 24.9 Å². The van der Waals surface area contributed by atoms with Crippen LogP contribution in [0.2, 0.25) is 0 Å². The van der Waals surface area contributed by atoms with Crippen molar-refractivity contribution in [3.05, 3.63) is 65.2 Å². The van der Waals surface area contributed by atoms with E-state index in [9.17, 15) is 5.26 Å². The molecule has 4 nitrogen and oxygen atoms in total. The topological polar surface area (TPSA) is 54.3 Å². The van der Waals surface area contributed by atoms with Crippen LogP contribution in [0.5, 0.6) is 5.75 Å². The maximum atomic E-state index is 9.38. The van der Waals surface area contributed by atoms with Gasteiger partial charge in [-0.15, -0.1) is 12.4 Å². The first-order valence-corrected chi connectivity index (χ1v) is 10.2. The van der Waals surface area contributed by atoms with E-state index >= 15 is 0 Å². The number of ether oxygens (including phenoxy) is 2. The Hall–Kier alpha value is -2.06. The maximum Gasteiger partial charge on any atom is 0.123 e. The summed E-state index contributed by atoms with van der Waals surface area (Å²) in [5, 5.41) is 13.1. The van der Waals surface area contributed by atoms with Gasteiger partial charge in [-0.3, -0.25) is 0 Å². The van der Waals surface area contributed by atoms with Crippen molar-refractivity contribution < 1.29 is 9.47 Å². The normalized spacial score (nSPS) is 26.1. The second kappa shape index (κ2) is 9.17. The van der Waals surface area contributed by atoms with Gasteiger partial charge >= 0.3 is 0 Å². The van der Waals surface area contributed by atoms with Crippen LogP contribution in [0.3, 0.4) is 0 Å². The molecule has 0 aliphatic carbocycles. The van der Waals surface area contributed by atoms with Gasteiger partial charge in [-0.2, -0.15) is 5.26 Å². The zero-order chi connectivity index (χ0) is 19.6. The van der Waals surface area contributed by atoms with E-state index in [4.69, 9.17) is 9.47 Å². The molecule has 1 N–H and O–H groups in total. The van der Waals surface area contributed by atoms with Gasteiger partial charge in [0.1, 0.15) is 5.75 Å². The fourth-order valence-electron chi connectivity index (χ4n) is 4.71. The van der Waals surface area contributed by atoms with E-state index in [1.807, 2.05) is 32.0 Å². The molecule has 2 aliphatic heterocycles. The third-order valence-corrected chi connectivity index (χ3v) is 5.89. The number of rotatable bonds is 4. The van der Waals surface area contributed by atoms with Crippen molar-refractivity contribution in [3.63, 3.8) is 0 Å². The van der Waals surface area contributed by atoms with Crippen molar-refractivity contribution in [1.82, 2.24) is 5.32 Å². The molecular weight excluding hydrogens is 384 g/mol. The van der Waals surface area contributed by atoms with Gasteiger partial charge in [-0.25, -0.2) is 0 Å². The Balaban J connectivity index is 0.00000240. The lowest BCUT2D eigenvalue weighted by molar-refractivity contribution is -0.0484. The summed E-state index contributed by atoms with van der Waals surface area (Å²) in [6.07, 6.45) is 3.19. The van der Waals surface area contributed by atoms with Crippen molar-refractivity contribution in [2.45, 2.75) is 56.8 Å². The highest BCUT2D eigenvalue weighted by Crippen LogP contribution is 2.49. The molecule has 0 amide bonds. The fraction of sp³-hybridized carbons (Fsp3) is 0.458. The summed E-state index contributed by atoms with van der Waals surface area (Å²) < 4.78 is 12.6. The summed E-state index contributed by atoms with van der Waals surface area (Å²) in [7, 11) is 0. The zero-order valence-corrected chi connectivity index (χ0v) is 17.9. The van der Waals surface area contributed by atoms with Gasteiger partial charge in [0.25, 0.3) is 0 Å². The van der Waals surface area contributed by atoms with Crippen molar-refractivity contribution in [2.24, 2.45) is 0 Å². The third kappa shape index (κ3) is 4.43. The lowest BCUT2D eigenvalue weighted by atomic mass is 9.76. The highest BCUT2D eigenvalue weighted by molar-refractivity contribution is 5.85. The van der Waals surface area contributed by atoms with Crippen LogP contribution in [0, 0.1) is 11.3 Å². The van der Waals surface area contributed by atoms with Crippen molar-refractivity contribution in [2.75, 3.05) is 13.2 Å². The minimum Gasteiger partial charge on any atom is -0.491 e. The van der Waals surface area contributed by atoms with E-state index < -0.39 is 0 Å². The van der Waals surface area contributed by atoms with E-state index in [0.29, 0.717) is 12.2 Å². The molecule has 4 rings (SSSR count). The van der Waals surface area contributed by atoms with E-state index in [2.05, 4.69) is 41.7 Å². The Morgan fingerprint density at radius 3 is 2.72 bits per heavy atom. The molecule has 29 heavy (non-hydrogen) atoms. The highest BCUT2D eigenvalue weighted by atomic mass is 35.5. The Kier molecular flexibility index (Phi) is 6.85. The quantitative estimate of drug-likeness (QED) is 0.755. The molecule has 5 heteroatoms. The summed E-state index contributed by atoms with van der Waals surface area (Å²) >= 11 is 0. The molecule has 0 saturated carbocycles. The van der Waals surface area contributed by atoms with Gasteiger partial charge in [0.05, 0.1) is 36.0 Å². The van der Waals surface area contributed by atoms with Crippen LogP contribution < -0.4 is 10.1 Å². The lowest BCUT2D eigenvalue weighted by Gasteiger charge is -2.41. The maximum absolute atomic E-state index is 9.38. The Morgan fingerprint density at radius 2 is 2.00 bits per heavy atom. The first kappa shape index (κ1) is 21.6. The van der Waals surface area contributed by atoms with Crippen LogP contribution in [0.15, 0.2) is 48.5 Å². The molecule has 2 saturated heterocycles. The molecule has 154 valence electrons. The molecule has 0 unspecified atom stereocenters. The summed E-state index contributed by atoms with van der Waals surface area (Å²) in [5.74, 6) is 1.10. The van der Waals surface area contributed by atoms with E-state index in [1.54, 1.807) is 0 Å². The Labute approximate surface area is 179 Å². The summed E-state index contributed by atoms with van der Waals surface area (Å²) in [4.78, 5) is 0. The highest BCUT2D eigenvalue weighted by Gasteiger charge is 2.49. The average molecular weight is 413 g/mol. The van der Waals surface area contributed by atoms with Crippen molar-refractivity contribution in [1.29, 1.82) is 5.26 Å². The fourth-order valence-corrected chi connectivity index (χ4v) is 4.71. The molecule has 0 radical (unpaired) electrons. The van der Waals surface area contributed by atoms with Crippen molar-refractivity contribution in [3.8, 4) is 11.8 Å². The Morgan fingerprint density at radius 1 is 1.21 bits per heavy atom. The summed E-state index contributed by atoms with van der Waals surface area (Å²) in [6, 6.07) is 18.8. The molecule has 1 spiro atoms. The molecule has 3 atom stereocenters. The van der Waals surface area contributed by atoms with E-state index in [0.717, 1.165) is 37.1 Å². The van der Waals surface area contributed by atoms with Gasteiger partial charge in [0, 0.05) is 11.5 Å². The number of nitrogens with one attached hydrogen (secondary N) is 1. The number of halogens is 1. The summed E-state index contributed by atoms with van der Waals surface area (Å²) in [5.41, 5.74) is 2.85. The molecule has 2 fully saturated rings. The molecule has 2 aromatic rings. The van der Waals surface area contributed by atoms with E-state index in [1.165, 1.54) is 5.56 Å². The monoisotopic (exact) mass is 412 g/mol. The predicted octanol–water partition coefficient (Wildman–Crippen LogP) is 5.13. The number of piperidine rings is 1. The van der Waals surface area contributed by atoms with Crippen LogP contribution in [-0.2, 0) is 4.74 Å². The number of nitriles is 1. The van der Waals surface area contributed by atoms with Gasteiger partial charge < -0.3 is 14.8 Å². The third-order valence-electron chi connectivity index (χ3n) is 5.89. The number of benzene rings is 2. The molecule has 0 bridgehead atoms. The first-order valence-electron chi connectivity index (χ1n) is 10.2. The van der Waals surface area contributed by atoms with Crippen molar-refractivity contribution >= 4 is 12.4 Å². The average Bonchev–Trinajstić information content (AvgIpc) is 3.13. The molecule has 0 aromatic heterocycles. The van der Waals surface area contributed by atoms with Gasteiger partial charge in [0.2, 0.25) is 0 Å². The van der Waals surface area contributed by atoms with Gasteiger partial charge in [0.15, 0.2) is 0 Å². The smallest absolute Gasteiger partial charge is 0.123 e. The minimum atomic E-state index is -0.206. The lowest BCUT2D eigenvalue weighted by Crippen LogP contribution is -2.48. The standard InChI is InChI=1S/C24H28N2O2.ClH/c1-17(2)28-22-10-9-18(15-25)13-21(22)20-14-24(27-16-20)11-6-12-26-23(24)19-7-4-3-5-8-19;/h3-5,7-10,13,17,20,23,26H,6,11-12,14,16H2,1-2H3;1H/t20-,23-,24+;/m0./s1. The number of nitrogens with zero attached hydrogens (tertiary/aromatic N) is 1. The second-order valence-corrected chi connectivity index (χ2v) is 8.21. The zero-order valence-electron chi connectivity index (χ0n) is 17.1. The number of hydrogen-bond acceptors (Lipinski definition) is 4. The molecule has 2 aromatic carbocycles. The van der Waals surface area contributed by atoms with Crippen LogP contribution in [0.25, 0.3) is 0 Å². The van der Waals surface area contributed by atoms with Gasteiger partial charge in [-0.1, -0.05) is 30.3 Å². The second-order valence-electron chi connectivity index (χ2n) is 8.21. The van der Waals surface area contributed by atoms with E-state index in [-0.39, 0.29) is 36.1 Å². The largest absolute Gasteiger partial charge is 0.491 e. The summed E-state index contributed by atoms with van der Waals surface area (Å²) in [6.45, 7) is 5.74. The SMILES string of the molecule is CC(C)Oc1ccc(C#N)cc1[C@@H]1CO[C@]2(CCCN[C@H]2c2ccccc2)C1.Cl. The van der Waals surface area contributed by atoms with Crippen LogP contribution in [0.1, 0.15) is 61.8 Å². The van der Waals surface area contributed by atoms with Crippen LogP contribution in [0.4, 0.5) is 0 Å². The minimum absolute atomic E-state index is 0. The molecule has 2 aliphatic rings.